The van der Waals surface area contributed by atoms with Gasteiger partial charge in [0.25, 0.3) is 0 Å². The Kier molecular flexibility index (Phi) is 15.2. The van der Waals surface area contributed by atoms with E-state index in [2.05, 4.69) is 136 Å². The summed E-state index contributed by atoms with van der Waals surface area (Å²) in [5.41, 5.74) is 4.38. The van der Waals surface area contributed by atoms with Gasteiger partial charge in [0.15, 0.2) is 6.29 Å². The van der Waals surface area contributed by atoms with Crippen LogP contribution in [0.4, 0.5) is 0 Å². The van der Waals surface area contributed by atoms with Crippen molar-refractivity contribution < 1.29 is 23.7 Å². The predicted molar refractivity (Wildman–Crippen MR) is 251 cm³/mol. The van der Waals surface area contributed by atoms with Gasteiger partial charge in [-0.1, -0.05) is 167 Å². The van der Waals surface area contributed by atoms with Crippen LogP contribution >= 0.6 is 22.6 Å². The van der Waals surface area contributed by atoms with Crippen LogP contribution in [0.5, 0.6) is 0 Å². The number of hydrogen-bond donors (Lipinski definition) is 0. The number of ether oxygens (including phenoxy) is 5. The van der Waals surface area contributed by atoms with Gasteiger partial charge in [-0.05, 0) is 127 Å². The van der Waals surface area contributed by atoms with Crippen LogP contribution in [0.1, 0.15) is 128 Å². The van der Waals surface area contributed by atoms with Gasteiger partial charge in [0.2, 0.25) is 0 Å². The van der Waals surface area contributed by atoms with Gasteiger partial charge < -0.3 is 23.7 Å². The lowest BCUT2D eigenvalue weighted by Gasteiger charge is -2.61. The SMILES string of the molecule is CC(C)CCC[C@@H](C)[C@H]1CC[C@H]2[C@@H]3CC[C@H]4C[C@@H](O[C@@H]5O[C@H](COCc6ccccc6)[C@H](OCc6ccccc6)[C@@H](OCc6ccccc6)[C@H]5I)CC[C@]4(C)[C@H]3CC[C@]12C. The molecule has 1 heterocycles. The van der Waals surface area contributed by atoms with Crippen LogP contribution in [0.3, 0.4) is 0 Å². The van der Waals surface area contributed by atoms with Crippen molar-refractivity contribution in [1.82, 2.24) is 0 Å². The molecule has 5 nitrogen and oxygen atoms in total. The fourth-order valence-electron chi connectivity index (χ4n) is 13.5. The maximum Gasteiger partial charge on any atom is 0.172 e. The van der Waals surface area contributed by atoms with Crippen LogP contribution in [0.2, 0.25) is 0 Å². The first kappa shape index (κ1) is 44.8. The molecule has 0 unspecified atom stereocenters. The number of halogens is 1. The highest BCUT2D eigenvalue weighted by Crippen LogP contribution is 2.68. The number of benzene rings is 3. The second-order valence-electron chi connectivity index (χ2n) is 20.7. The molecule has 1 aliphatic heterocycles. The molecule has 0 radical (unpaired) electrons. The van der Waals surface area contributed by atoms with Crippen molar-refractivity contribution in [3.8, 4) is 0 Å². The van der Waals surface area contributed by atoms with Gasteiger partial charge in [-0.3, -0.25) is 0 Å². The molecule has 14 atom stereocenters. The lowest BCUT2D eigenvalue weighted by atomic mass is 9.44. The summed E-state index contributed by atoms with van der Waals surface area (Å²) in [6.45, 7) is 14.7. The van der Waals surface area contributed by atoms with Gasteiger partial charge in [0.05, 0.1) is 36.5 Å². The molecular formula is C54H75IO5. The normalized spacial score (nSPS) is 37.0. The molecular weight excluding hydrogens is 855 g/mol. The van der Waals surface area contributed by atoms with Crippen molar-refractivity contribution in [2.75, 3.05) is 6.61 Å². The van der Waals surface area contributed by atoms with Crippen LogP contribution in [-0.2, 0) is 43.5 Å². The zero-order chi connectivity index (χ0) is 41.7. The number of alkyl halides is 1. The van der Waals surface area contributed by atoms with Crippen molar-refractivity contribution in [1.29, 1.82) is 0 Å². The smallest absolute Gasteiger partial charge is 0.172 e. The van der Waals surface area contributed by atoms with Gasteiger partial charge in [0.1, 0.15) is 18.3 Å². The third-order valence-corrected chi connectivity index (χ3v) is 18.0. The second kappa shape index (κ2) is 20.4. The first-order valence-electron chi connectivity index (χ1n) is 24.0. The van der Waals surface area contributed by atoms with Crippen molar-refractivity contribution in [3.63, 3.8) is 0 Å². The molecule has 0 aromatic heterocycles. The monoisotopic (exact) mass is 930 g/mol. The molecule has 6 heteroatoms. The molecule has 328 valence electrons. The average Bonchev–Trinajstić information content (AvgIpc) is 3.62. The van der Waals surface area contributed by atoms with Crippen LogP contribution in [0, 0.1) is 52.3 Å². The minimum absolute atomic E-state index is 0.0550. The van der Waals surface area contributed by atoms with Gasteiger partial charge in [-0.25, -0.2) is 0 Å². The summed E-state index contributed by atoms with van der Waals surface area (Å²) in [5.74, 6) is 6.00. The molecule has 4 saturated carbocycles. The molecule has 5 aliphatic rings. The van der Waals surface area contributed by atoms with Crippen LogP contribution < -0.4 is 0 Å². The van der Waals surface area contributed by atoms with Crippen LogP contribution in [0.25, 0.3) is 0 Å². The maximum atomic E-state index is 7.21. The second-order valence-corrected chi connectivity index (χ2v) is 22.2. The highest BCUT2D eigenvalue weighted by atomic mass is 127. The number of rotatable bonds is 17. The van der Waals surface area contributed by atoms with E-state index in [0.29, 0.717) is 43.2 Å². The minimum atomic E-state index is -0.410. The number of fused-ring (bicyclic) bond motifs is 5. The summed E-state index contributed by atoms with van der Waals surface area (Å²) < 4.78 is 34.3. The topological polar surface area (TPSA) is 46.2 Å². The Labute approximate surface area is 376 Å². The van der Waals surface area contributed by atoms with Gasteiger partial charge >= 0.3 is 0 Å². The Morgan fingerprint density at radius 3 is 1.92 bits per heavy atom. The van der Waals surface area contributed by atoms with Gasteiger partial charge in [0, 0.05) is 0 Å². The highest BCUT2D eigenvalue weighted by Gasteiger charge is 2.61. The zero-order valence-electron chi connectivity index (χ0n) is 37.4. The van der Waals surface area contributed by atoms with E-state index >= 15 is 0 Å². The molecule has 0 spiro atoms. The molecule has 0 amide bonds. The summed E-state index contributed by atoms with van der Waals surface area (Å²) in [6, 6.07) is 31.3. The van der Waals surface area contributed by atoms with Crippen molar-refractivity contribution in [2.24, 2.45) is 52.3 Å². The molecule has 8 rings (SSSR count). The first-order chi connectivity index (χ1) is 29.1. The van der Waals surface area contributed by atoms with Crippen molar-refractivity contribution in [3.05, 3.63) is 108 Å². The average molecular weight is 931 g/mol. The van der Waals surface area contributed by atoms with Crippen molar-refractivity contribution in [2.45, 2.75) is 166 Å². The third-order valence-electron chi connectivity index (χ3n) is 16.7. The fourth-order valence-corrected chi connectivity index (χ4v) is 14.4. The maximum absolute atomic E-state index is 7.21. The van der Waals surface area contributed by atoms with Crippen LogP contribution in [-0.4, -0.2) is 41.2 Å². The standard InChI is InChI=1S/C54H75IO5/c1-37(2)16-15-17-38(3)45-26-27-46-44-25-24-42-32-43(28-30-53(42,4)47(44)29-31-54(45,46)5)59-52-49(55)51(58-35-41-22-13-8-14-23-41)50(57-34-40-20-11-7-12-21-40)48(60-52)36-56-33-39-18-9-6-10-19-39/h6-14,18-23,37-38,42-52H,15-17,24-36H2,1-5H3/t38-,42+,43+,44+,45-,46+,47+,48-,49-,50+,51+,52-,53+,54-/m1/s1. The highest BCUT2D eigenvalue weighted by molar-refractivity contribution is 14.1. The van der Waals surface area contributed by atoms with E-state index in [1.807, 2.05) is 12.1 Å². The molecule has 3 aromatic rings. The lowest BCUT2D eigenvalue weighted by molar-refractivity contribution is -0.287. The predicted octanol–water partition coefficient (Wildman–Crippen LogP) is 13.4. The molecule has 3 aromatic carbocycles. The Bertz CT molecular complexity index is 1740. The van der Waals surface area contributed by atoms with Crippen molar-refractivity contribution >= 4 is 22.6 Å². The van der Waals surface area contributed by atoms with Gasteiger partial charge in [-0.2, -0.15) is 0 Å². The van der Waals surface area contributed by atoms with E-state index in [0.717, 1.165) is 65.0 Å². The largest absolute Gasteiger partial charge is 0.374 e. The van der Waals surface area contributed by atoms with E-state index in [1.54, 1.807) is 0 Å². The summed E-state index contributed by atoms with van der Waals surface area (Å²) in [6.07, 6.45) is 15.2. The first-order valence-corrected chi connectivity index (χ1v) is 25.2. The van der Waals surface area contributed by atoms with E-state index in [1.165, 1.54) is 64.2 Å². The van der Waals surface area contributed by atoms with E-state index < -0.39 is 6.29 Å². The minimum Gasteiger partial charge on any atom is -0.374 e. The Hall–Kier alpha value is -1.81. The molecule has 0 N–H and O–H groups in total. The fraction of sp³-hybridized carbons (Fsp3) is 0.667. The third kappa shape index (κ3) is 10.1. The summed E-state index contributed by atoms with van der Waals surface area (Å²) >= 11 is 2.55. The van der Waals surface area contributed by atoms with Gasteiger partial charge in [-0.15, -0.1) is 0 Å². The summed E-state index contributed by atoms with van der Waals surface area (Å²) in [5, 5.41) is 0. The summed E-state index contributed by atoms with van der Waals surface area (Å²) in [4.78, 5) is 0. The molecule has 5 fully saturated rings. The Morgan fingerprint density at radius 1 is 0.667 bits per heavy atom. The number of hydrogen-bond acceptors (Lipinski definition) is 5. The molecule has 0 bridgehead atoms. The van der Waals surface area contributed by atoms with E-state index in [-0.39, 0.29) is 28.3 Å². The van der Waals surface area contributed by atoms with E-state index in [9.17, 15) is 0 Å². The van der Waals surface area contributed by atoms with E-state index in [4.69, 9.17) is 23.7 Å². The lowest BCUT2D eigenvalue weighted by Crippen LogP contribution is -2.60. The quantitative estimate of drug-likeness (QED) is 0.0767. The Morgan fingerprint density at radius 2 is 1.27 bits per heavy atom. The molecule has 4 aliphatic carbocycles. The zero-order valence-corrected chi connectivity index (χ0v) is 39.6. The van der Waals surface area contributed by atoms with Crippen LogP contribution in [0.15, 0.2) is 91.0 Å². The molecule has 60 heavy (non-hydrogen) atoms. The Balaban J connectivity index is 0.950. The summed E-state index contributed by atoms with van der Waals surface area (Å²) in [7, 11) is 0. The molecule has 1 saturated heterocycles.